The molecular weight excluding hydrogens is 300 g/mol. The molecule has 1 aliphatic rings. The van der Waals surface area contributed by atoms with Gasteiger partial charge in [0, 0.05) is 24.8 Å². The minimum atomic E-state index is -0.188. The summed E-state index contributed by atoms with van der Waals surface area (Å²) in [5, 5.41) is 2.98. The molecular formula is C19H24N4O. The Morgan fingerprint density at radius 3 is 2.58 bits per heavy atom. The number of nitrogens with one attached hydrogen (secondary N) is 1. The van der Waals surface area contributed by atoms with Crippen LogP contribution in [0.5, 0.6) is 0 Å². The lowest BCUT2D eigenvalue weighted by atomic mass is 10.1. The Kier molecular flexibility index (Phi) is 4.79. The van der Waals surface area contributed by atoms with Crippen molar-refractivity contribution in [1.82, 2.24) is 9.97 Å². The molecule has 2 heterocycles. The summed E-state index contributed by atoms with van der Waals surface area (Å²) in [5.41, 5.74) is 3.48. The number of hydrogen-bond donors (Lipinski definition) is 1. The second-order valence-corrected chi connectivity index (χ2v) is 6.41. The van der Waals surface area contributed by atoms with Crippen molar-refractivity contribution in [2.45, 2.75) is 40.0 Å². The predicted octanol–water partition coefficient (Wildman–Crippen LogP) is 3.64. The van der Waals surface area contributed by atoms with E-state index in [4.69, 9.17) is 0 Å². The number of benzene rings is 1. The highest BCUT2D eigenvalue weighted by atomic mass is 16.1. The first-order valence-electron chi connectivity index (χ1n) is 8.53. The average Bonchev–Trinajstić information content (AvgIpc) is 2.59. The van der Waals surface area contributed by atoms with Gasteiger partial charge in [0.25, 0.3) is 5.91 Å². The van der Waals surface area contributed by atoms with E-state index in [-0.39, 0.29) is 5.91 Å². The van der Waals surface area contributed by atoms with Gasteiger partial charge in [-0.05, 0) is 57.2 Å². The maximum absolute atomic E-state index is 12.6. The molecule has 0 spiro atoms. The Labute approximate surface area is 143 Å². The zero-order valence-electron chi connectivity index (χ0n) is 14.6. The number of anilines is 2. The van der Waals surface area contributed by atoms with Crippen LogP contribution in [0.3, 0.4) is 0 Å². The van der Waals surface area contributed by atoms with Crippen molar-refractivity contribution in [3.8, 4) is 0 Å². The highest BCUT2D eigenvalue weighted by Crippen LogP contribution is 2.21. The van der Waals surface area contributed by atoms with E-state index >= 15 is 0 Å². The van der Waals surface area contributed by atoms with Crippen LogP contribution >= 0.6 is 0 Å². The number of amides is 1. The minimum absolute atomic E-state index is 0.188. The van der Waals surface area contributed by atoms with Crippen LogP contribution in [-0.4, -0.2) is 29.0 Å². The van der Waals surface area contributed by atoms with Crippen LogP contribution in [0.25, 0.3) is 0 Å². The van der Waals surface area contributed by atoms with E-state index in [1.54, 1.807) is 6.07 Å². The average molecular weight is 324 g/mol. The summed E-state index contributed by atoms with van der Waals surface area (Å²) in [4.78, 5) is 23.7. The third-order valence-corrected chi connectivity index (χ3v) is 4.59. The summed E-state index contributed by atoms with van der Waals surface area (Å²) in [7, 11) is 0. The van der Waals surface area contributed by atoms with Gasteiger partial charge in [0.2, 0.25) is 0 Å². The fraction of sp³-hybridized carbons (Fsp3) is 0.421. The van der Waals surface area contributed by atoms with Crippen LogP contribution < -0.4 is 10.2 Å². The van der Waals surface area contributed by atoms with E-state index in [0.29, 0.717) is 11.5 Å². The Bertz CT molecular complexity index is 751. The van der Waals surface area contributed by atoms with E-state index in [2.05, 4.69) is 20.2 Å². The minimum Gasteiger partial charge on any atom is -0.356 e. The molecule has 1 aromatic carbocycles. The third kappa shape index (κ3) is 3.55. The molecule has 0 radical (unpaired) electrons. The van der Waals surface area contributed by atoms with E-state index in [1.165, 1.54) is 19.3 Å². The third-order valence-electron chi connectivity index (χ3n) is 4.59. The first-order valence-corrected chi connectivity index (χ1v) is 8.53. The maximum atomic E-state index is 12.6. The molecule has 1 aliphatic heterocycles. The van der Waals surface area contributed by atoms with Crippen LogP contribution in [0.1, 0.15) is 46.7 Å². The molecule has 1 N–H and O–H groups in total. The van der Waals surface area contributed by atoms with Crippen LogP contribution in [0, 0.1) is 20.8 Å². The molecule has 1 saturated heterocycles. The van der Waals surface area contributed by atoms with Gasteiger partial charge in [-0.3, -0.25) is 4.79 Å². The number of piperidine rings is 1. The molecule has 0 atom stereocenters. The molecule has 5 nitrogen and oxygen atoms in total. The molecule has 126 valence electrons. The lowest BCUT2D eigenvalue weighted by Crippen LogP contribution is -2.31. The van der Waals surface area contributed by atoms with Crippen molar-refractivity contribution < 1.29 is 4.79 Å². The Morgan fingerprint density at radius 1 is 1.08 bits per heavy atom. The molecule has 24 heavy (non-hydrogen) atoms. The smallest absolute Gasteiger partial charge is 0.274 e. The van der Waals surface area contributed by atoms with Crippen molar-refractivity contribution in [2.24, 2.45) is 0 Å². The number of aromatic nitrogens is 2. The zero-order valence-corrected chi connectivity index (χ0v) is 14.6. The summed E-state index contributed by atoms with van der Waals surface area (Å²) in [6.07, 6.45) is 3.61. The van der Waals surface area contributed by atoms with Gasteiger partial charge in [-0.2, -0.15) is 0 Å². The van der Waals surface area contributed by atoms with Crippen molar-refractivity contribution in [3.05, 3.63) is 46.9 Å². The van der Waals surface area contributed by atoms with Crippen molar-refractivity contribution in [3.63, 3.8) is 0 Å². The topological polar surface area (TPSA) is 58.1 Å². The molecule has 5 heteroatoms. The van der Waals surface area contributed by atoms with Gasteiger partial charge in [0.15, 0.2) is 0 Å². The van der Waals surface area contributed by atoms with Gasteiger partial charge in [0.05, 0.1) is 0 Å². The number of carbonyl (C=O) groups excluding carboxylic acids is 1. The first kappa shape index (κ1) is 16.4. The molecule has 0 aliphatic carbocycles. The quantitative estimate of drug-likeness (QED) is 0.936. The van der Waals surface area contributed by atoms with Gasteiger partial charge >= 0.3 is 0 Å². The molecule has 1 amide bonds. The van der Waals surface area contributed by atoms with Crippen LogP contribution in [0.15, 0.2) is 24.3 Å². The van der Waals surface area contributed by atoms with Gasteiger partial charge in [-0.25, -0.2) is 9.97 Å². The van der Waals surface area contributed by atoms with Gasteiger partial charge < -0.3 is 10.2 Å². The summed E-state index contributed by atoms with van der Waals surface area (Å²) in [6.45, 7) is 7.87. The van der Waals surface area contributed by atoms with E-state index < -0.39 is 0 Å². The summed E-state index contributed by atoms with van der Waals surface area (Å²) in [5.74, 6) is 1.30. The standard InChI is InChI=1S/C19H24N4O/c1-13-8-7-9-16(14(13)2)22-19(24)17-12-18(21-15(3)20-17)23-10-5-4-6-11-23/h7-9,12H,4-6,10-11H2,1-3H3,(H,22,24). The largest absolute Gasteiger partial charge is 0.356 e. The molecule has 0 unspecified atom stereocenters. The van der Waals surface area contributed by atoms with Gasteiger partial charge in [0.1, 0.15) is 17.3 Å². The molecule has 2 aromatic rings. The Hall–Kier alpha value is -2.43. The molecule has 1 aromatic heterocycles. The van der Waals surface area contributed by atoms with E-state index in [0.717, 1.165) is 35.7 Å². The number of rotatable bonds is 3. The second kappa shape index (κ2) is 6.99. The van der Waals surface area contributed by atoms with E-state index in [1.807, 2.05) is 39.0 Å². The molecule has 1 fully saturated rings. The van der Waals surface area contributed by atoms with Crippen molar-refractivity contribution in [2.75, 3.05) is 23.3 Å². The highest BCUT2D eigenvalue weighted by Gasteiger charge is 2.17. The predicted molar refractivity (Wildman–Crippen MR) is 96.7 cm³/mol. The number of carbonyl (C=O) groups is 1. The summed E-state index contributed by atoms with van der Waals surface area (Å²) >= 11 is 0. The van der Waals surface area contributed by atoms with Gasteiger partial charge in [-0.15, -0.1) is 0 Å². The number of hydrogen-bond acceptors (Lipinski definition) is 4. The number of aryl methyl sites for hydroxylation is 2. The lowest BCUT2D eigenvalue weighted by molar-refractivity contribution is 0.102. The lowest BCUT2D eigenvalue weighted by Gasteiger charge is -2.28. The Balaban J connectivity index is 1.84. The van der Waals surface area contributed by atoms with Crippen molar-refractivity contribution in [1.29, 1.82) is 0 Å². The monoisotopic (exact) mass is 324 g/mol. The zero-order chi connectivity index (χ0) is 17.1. The fourth-order valence-corrected chi connectivity index (χ4v) is 3.03. The van der Waals surface area contributed by atoms with Crippen molar-refractivity contribution >= 4 is 17.4 Å². The summed E-state index contributed by atoms with van der Waals surface area (Å²) < 4.78 is 0. The van der Waals surface area contributed by atoms with E-state index in [9.17, 15) is 4.79 Å². The second-order valence-electron chi connectivity index (χ2n) is 6.41. The van der Waals surface area contributed by atoms with Crippen LogP contribution in [0.2, 0.25) is 0 Å². The van der Waals surface area contributed by atoms with Gasteiger partial charge in [-0.1, -0.05) is 12.1 Å². The van der Waals surface area contributed by atoms with Crippen LogP contribution in [0.4, 0.5) is 11.5 Å². The first-order chi connectivity index (χ1) is 11.5. The fourth-order valence-electron chi connectivity index (χ4n) is 3.03. The molecule has 0 bridgehead atoms. The highest BCUT2D eigenvalue weighted by molar-refractivity contribution is 6.03. The SMILES string of the molecule is Cc1nc(C(=O)Nc2cccc(C)c2C)cc(N2CCCCC2)n1. The molecule has 3 rings (SSSR count). The normalized spacial score (nSPS) is 14.5. The molecule has 0 saturated carbocycles. The summed E-state index contributed by atoms with van der Waals surface area (Å²) in [6, 6.07) is 7.70. The van der Waals surface area contributed by atoms with Crippen LogP contribution in [-0.2, 0) is 0 Å². The Morgan fingerprint density at radius 2 is 1.83 bits per heavy atom. The maximum Gasteiger partial charge on any atom is 0.274 e. The number of nitrogens with zero attached hydrogens (tertiary/aromatic N) is 3.